The van der Waals surface area contributed by atoms with Crippen molar-refractivity contribution in [2.24, 2.45) is 17.4 Å². The fourth-order valence-electron chi connectivity index (χ4n) is 3.61. The van der Waals surface area contributed by atoms with Crippen molar-refractivity contribution in [3.8, 4) is 0 Å². The Morgan fingerprint density at radius 1 is 0.947 bits per heavy atom. The van der Waals surface area contributed by atoms with Crippen molar-refractivity contribution in [2.75, 3.05) is 0 Å². The van der Waals surface area contributed by atoms with E-state index in [0.717, 1.165) is 5.56 Å². The van der Waals surface area contributed by atoms with Crippen molar-refractivity contribution in [1.82, 2.24) is 25.9 Å². The second-order valence-corrected chi connectivity index (χ2v) is 9.07. The summed E-state index contributed by atoms with van der Waals surface area (Å²) in [6, 6.07) is 4.18. The molecule has 2 rings (SSSR count). The number of imidazole rings is 1. The van der Waals surface area contributed by atoms with Gasteiger partial charge < -0.3 is 37.5 Å². The Labute approximate surface area is 220 Å². The Balaban J connectivity index is 2.28. The van der Waals surface area contributed by atoms with E-state index in [9.17, 15) is 29.1 Å². The number of carbonyl (C=O) groups is 5. The lowest BCUT2D eigenvalue weighted by molar-refractivity contribution is -0.143. The lowest BCUT2D eigenvalue weighted by Gasteiger charge is -2.26. The zero-order chi connectivity index (χ0) is 28.2. The summed E-state index contributed by atoms with van der Waals surface area (Å²) in [6.45, 7) is 3.72. The van der Waals surface area contributed by atoms with Crippen LogP contribution in [-0.2, 0) is 36.8 Å². The van der Waals surface area contributed by atoms with Gasteiger partial charge in [-0.05, 0) is 11.5 Å². The van der Waals surface area contributed by atoms with E-state index in [1.165, 1.54) is 12.5 Å². The highest BCUT2D eigenvalue weighted by Crippen LogP contribution is 2.09. The van der Waals surface area contributed by atoms with Gasteiger partial charge in [0.1, 0.15) is 18.1 Å². The highest BCUT2D eigenvalue weighted by Gasteiger charge is 2.32. The number of carboxylic acid groups (broad SMARTS) is 1. The minimum Gasteiger partial charge on any atom is -0.480 e. The lowest BCUT2D eigenvalue weighted by atomic mass is 9.98. The molecular formula is C25H35N7O6. The number of benzene rings is 1. The van der Waals surface area contributed by atoms with Crippen molar-refractivity contribution in [3.05, 3.63) is 54.1 Å². The molecule has 206 valence electrons. The molecule has 0 fully saturated rings. The smallest absolute Gasteiger partial charge is 0.326 e. The van der Waals surface area contributed by atoms with Crippen LogP contribution in [0.3, 0.4) is 0 Å². The van der Waals surface area contributed by atoms with Gasteiger partial charge in [0.05, 0.1) is 18.8 Å². The van der Waals surface area contributed by atoms with Crippen molar-refractivity contribution in [2.45, 2.75) is 63.7 Å². The van der Waals surface area contributed by atoms with Crippen LogP contribution >= 0.6 is 0 Å². The summed E-state index contributed by atoms with van der Waals surface area (Å²) in [5.41, 5.74) is 12.4. The molecule has 0 aliphatic rings. The quantitative estimate of drug-likeness (QED) is 0.151. The predicted molar refractivity (Wildman–Crippen MR) is 137 cm³/mol. The molecule has 38 heavy (non-hydrogen) atoms. The molecule has 0 aliphatic carbocycles. The molecule has 4 amide bonds. The summed E-state index contributed by atoms with van der Waals surface area (Å²) >= 11 is 0. The van der Waals surface area contributed by atoms with E-state index in [4.69, 9.17) is 11.5 Å². The Morgan fingerprint density at radius 3 is 2.05 bits per heavy atom. The summed E-state index contributed by atoms with van der Waals surface area (Å²) in [5, 5.41) is 16.9. The summed E-state index contributed by atoms with van der Waals surface area (Å²) in [6.07, 6.45) is 2.90. The molecule has 13 heteroatoms. The van der Waals surface area contributed by atoms with E-state index in [-0.39, 0.29) is 18.8 Å². The van der Waals surface area contributed by atoms with E-state index in [1.54, 1.807) is 24.3 Å². The number of aliphatic carboxylic acids is 1. The molecule has 9 N–H and O–H groups in total. The van der Waals surface area contributed by atoms with Gasteiger partial charge >= 0.3 is 5.97 Å². The van der Waals surface area contributed by atoms with Gasteiger partial charge in [0.25, 0.3) is 0 Å². The first kappa shape index (κ1) is 30.0. The maximum Gasteiger partial charge on any atom is 0.326 e. The van der Waals surface area contributed by atoms with Crippen LogP contribution in [0, 0.1) is 5.92 Å². The van der Waals surface area contributed by atoms with E-state index >= 15 is 0 Å². The summed E-state index contributed by atoms with van der Waals surface area (Å²) in [4.78, 5) is 68.8. The van der Waals surface area contributed by atoms with E-state index in [0.29, 0.717) is 12.1 Å². The summed E-state index contributed by atoms with van der Waals surface area (Å²) in [7, 11) is 0. The number of hydrogen-bond acceptors (Lipinski definition) is 7. The molecule has 5 unspecified atom stereocenters. The molecule has 0 aliphatic heterocycles. The number of carboxylic acids is 1. The minimum atomic E-state index is -1.59. The van der Waals surface area contributed by atoms with E-state index in [2.05, 4.69) is 25.9 Å². The van der Waals surface area contributed by atoms with Crippen LogP contribution in [0.25, 0.3) is 0 Å². The molecule has 1 aromatic carbocycles. The second kappa shape index (κ2) is 14.5. The number of nitrogens with zero attached hydrogens (tertiary/aromatic N) is 1. The highest BCUT2D eigenvalue weighted by molar-refractivity contribution is 5.95. The molecule has 0 bridgehead atoms. The molecule has 1 heterocycles. The van der Waals surface area contributed by atoms with Gasteiger partial charge in [-0.3, -0.25) is 19.2 Å². The van der Waals surface area contributed by atoms with Crippen molar-refractivity contribution in [3.63, 3.8) is 0 Å². The molecule has 0 radical (unpaired) electrons. The zero-order valence-corrected chi connectivity index (χ0v) is 21.3. The maximum absolute atomic E-state index is 13.4. The van der Waals surface area contributed by atoms with Crippen LogP contribution in [0.1, 0.15) is 37.9 Å². The number of nitrogens with one attached hydrogen (secondary N) is 4. The number of carbonyl (C=O) groups excluding carboxylic acids is 4. The van der Waals surface area contributed by atoms with Crippen LogP contribution in [0.4, 0.5) is 0 Å². The average molecular weight is 530 g/mol. The number of hydrogen-bond donors (Lipinski definition) is 7. The topological polar surface area (TPSA) is 222 Å². The number of primary amides is 1. The molecule has 0 saturated heterocycles. The first-order chi connectivity index (χ1) is 18.0. The monoisotopic (exact) mass is 529 g/mol. The first-order valence-corrected chi connectivity index (χ1v) is 12.2. The minimum absolute atomic E-state index is 0.0706. The molecule has 0 spiro atoms. The number of nitrogens with two attached hydrogens (primary N) is 2. The number of amides is 4. The summed E-state index contributed by atoms with van der Waals surface area (Å²) < 4.78 is 0. The predicted octanol–water partition coefficient (Wildman–Crippen LogP) is -1.02. The van der Waals surface area contributed by atoms with Crippen molar-refractivity contribution in [1.29, 1.82) is 0 Å². The van der Waals surface area contributed by atoms with Gasteiger partial charge in [0, 0.05) is 24.7 Å². The average Bonchev–Trinajstić information content (AvgIpc) is 3.39. The van der Waals surface area contributed by atoms with Gasteiger partial charge in [-0.2, -0.15) is 0 Å². The Hall–Kier alpha value is -4.26. The fraction of sp³-hybridized carbons (Fsp3) is 0.440. The molecular weight excluding hydrogens is 494 g/mol. The van der Waals surface area contributed by atoms with Gasteiger partial charge in [0.2, 0.25) is 23.6 Å². The third kappa shape index (κ3) is 9.32. The van der Waals surface area contributed by atoms with Crippen molar-refractivity contribution >= 4 is 29.6 Å². The highest BCUT2D eigenvalue weighted by atomic mass is 16.4. The van der Waals surface area contributed by atoms with Gasteiger partial charge in [-0.1, -0.05) is 50.6 Å². The normalized spacial score (nSPS) is 14.8. The Bertz CT molecular complexity index is 1090. The third-order valence-corrected chi connectivity index (χ3v) is 6.11. The second-order valence-electron chi connectivity index (χ2n) is 9.07. The molecule has 1 aromatic heterocycles. The van der Waals surface area contributed by atoms with Crippen LogP contribution in [0.15, 0.2) is 42.9 Å². The van der Waals surface area contributed by atoms with Crippen LogP contribution in [0.2, 0.25) is 0 Å². The fourth-order valence-corrected chi connectivity index (χ4v) is 3.61. The van der Waals surface area contributed by atoms with Gasteiger partial charge in [-0.25, -0.2) is 9.78 Å². The molecule has 2 aromatic rings. The van der Waals surface area contributed by atoms with Crippen LogP contribution in [-0.4, -0.2) is 68.8 Å². The number of rotatable bonds is 15. The first-order valence-electron chi connectivity index (χ1n) is 12.2. The number of aromatic nitrogens is 2. The van der Waals surface area contributed by atoms with Gasteiger partial charge in [0.15, 0.2) is 0 Å². The van der Waals surface area contributed by atoms with E-state index < -0.39 is 60.2 Å². The number of H-pyrrole nitrogens is 1. The molecule has 0 saturated carbocycles. The van der Waals surface area contributed by atoms with Gasteiger partial charge in [-0.15, -0.1) is 0 Å². The molecule has 5 atom stereocenters. The largest absolute Gasteiger partial charge is 0.480 e. The standard InChI is InChI=1S/C25H35N7O6/c1-3-14(2)21(27)24(36)31-17(9-15-7-5-4-6-8-15)22(34)30-18(10-16-12-28-13-29-16)23(35)32-19(25(37)38)11-20(26)33/h4-8,12-14,17-19,21H,3,9-11,27H2,1-2H3,(H2,26,33)(H,28,29)(H,30,34)(H,31,36)(H,32,35)(H,37,38). The van der Waals surface area contributed by atoms with Crippen LogP contribution < -0.4 is 27.4 Å². The number of aromatic amines is 1. The summed E-state index contributed by atoms with van der Waals surface area (Å²) in [5.74, 6) is -4.57. The van der Waals surface area contributed by atoms with E-state index in [1.807, 2.05) is 19.9 Å². The lowest BCUT2D eigenvalue weighted by Crippen LogP contribution is -2.58. The van der Waals surface area contributed by atoms with Crippen LogP contribution in [0.5, 0.6) is 0 Å². The zero-order valence-electron chi connectivity index (χ0n) is 21.3. The Kier molecular flexibility index (Phi) is 11.4. The van der Waals surface area contributed by atoms with Crippen molar-refractivity contribution < 1.29 is 29.1 Å². The maximum atomic E-state index is 13.4. The molecule has 13 nitrogen and oxygen atoms in total. The third-order valence-electron chi connectivity index (χ3n) is 6.11. The Morgan fingerprint density at radius 2 is 1.53 bits per heavy atom. The SMILES string of the molecule is CCC(C)C(N)C(=O)NC(Cc1ccccc1)C(=O)NC(Cc1cnc[nH]1)C(=O)NC(CC(N)=O)C(=O)O.